The molecule has 0 radical (unpaired) electrons. The first-order valence-electron chi connectivity index (χ1n) is 10.4. The Kier molecular flexibility index (Phi) is 6.95. The molecule has 2 amide bonds. The maximum Gasteiger partial charge on any atom is 0.265 e. The van der Waals surface area contributed by atoms with E-state index in [0.29, 0.717) is 28.7 Å². The summed E-state index contributed by atoms with van der Waals surface area (Å²) in [7, 11) is 0. The lowest BCUT2D eigenvalue weighted by atomic mass is 10.0. The molecule has 2 aromatic carbocycles. The topological polar surface area (TPSA) is 84.9 Å². The highest BCUT2D eigenvalue weighted by Gasteiger charge is 2.28. The number of hydrogen-bond acceptors (Lipinski definition) is 5. The van der Waals surface area contributed by atoms with Crippen LogP contribution in [0.25, 0.3) is 0 Å². The van der Waals surface area contributed by atoms with Crippen LogP contribution in [0.2, 0.25) is 0 Å². The molecule has 0 aliphatic carbocycles. The number of ether oxygens (including phenoxy) is 2. The third-order valence-electron chi connectivity index (χ3n) is 4.89. The van der Waals surface area contributed by atoms with Gasteiger partial charge in [0, 0.05) is 11.6 Å². The number of ketones is 1. The van der Waals surface area contributed by atoms with Gasteiger partial charge in [0.25, 0.3) is 5.91 Å². The van der Waals surface area contributed by atoms with E-state index in [1.54, 1.807) is 18.2 Å². The van der Waals surface area contributed by atoms with Crippen LogP contribution in [0.3, 0.4) is 0 Å². The van der Waals surface area contributed by atoms with Crippen LogP contribution in [0.4, 0.5) is 5.69 Å². The van der Waals surface area contributed by atoms with Gasteiger partial charge in [-0.05, 0) is 55.7 Å². The lowest BCUT2D eigenvalue weighted by molar-refractivity contribution is -0.125. The van der Waals surface area contributed by atoms with Crippen LogP contribution in [0, 0.1) is 0 Å². The van der Waals surface area contributed by atoms with Gasteiger partial charge in [0.2, 0.25) is 5.91 Å². The highest BCUT2D eigenvalue weighted by atomic mass is 16.5. The SMILES string of the molecule is CC(C)NC(=O)CN1C(=O)COc2ccc(C(=O)COc3ccc(C(C)C)cc3)cc21. The van der Waals surface area contributed by atoms with Gasteiger partial charge in [-0.1, -0.05) is 26.0 Å². The van der Waals surface area contributed by atoms with Gasteiger partial charge in [-0.25, -0.2) is 0 Å². The number of Topliss-reactive ketones (excluding diaryl/α,β-unsaturated/α-hetero) is 1. The Balaban J connectivity index is 1.72. The molecule has 164 valence electrons. The molecule has 0 spiro atoms. The molecule has 0 bridgehead atoms. The molecule has 7 nitrogen and oxygen atoms in total. The van der Waals surface area contributed by atoms with E-state index in [2.05, 4.69) is 19.2 Å². The van der Waals surface area contributed by atoms with E-state index in [-0.39, 0.29) is 43.4 Å². The summed E-state index contributed by atoms with van der Waals surface area (Å²) in [5.41, 5.74) is 1.98. The normalized spacial score (nSPS) is 13.1. The number of benzene rings is 2. The lowest BCUT2D eigenvalue weighted by Gasteiger charge is -2.29. The van der Waals surface area contributed by atoms with Crippen molar-refractivity contribution in [3.8, 4) is 11.5 Å². The molecular weight excluding hydrogens is 396 g/mol. The summed E-state index contributed by atoms with van der Waals surface area (Å²) in [4.78, 5) is 38.6. The summed E-state index contributed by atoms with van der Waals surface area (Å²) in [5.74, 6) is 0.639. The predicted octanol–water partition coefficient (Wildman–Crippen LogP) is 3.32. The number of carbonyl (C=O) groups is 3. The molecule has 31 heavy (non-hydrogen) atoms. The van der Waals surface area contributed by atoms with Crippen LogP contribution in [0.1, 0.15) is 49.5 Å². The molecule has 0 saturated heterocycles. The van der Waals surface area contributed by atoms with Crippen molar-refractivity contribution in [1.82, 2.24) is 5.32 Å². The average molecular weight is 424 g/mol. The standard InChI is InChI=1S/C24H28N2O5/c1-15(2)17-5-8-19(9-6-17)30-13-21(27)18-7-10-22-20(11-18)26(24(29)14-31-22)12-23(28)25-16(3)4/h5-11,15-16H,12-14H2,1-4H3,(H,25,28). The van der Waals surface area contributed by atoms with Crippen LogP contribution < -0.4 is 19.7 Å². The fourth-order valence-electron chi connectivity index (χ4n) is 3.24. The third kappa shape index (κ3) is 5.63. The summed E-state index contributed by atoms with van der Waals surface area (Å²) >= 11 is 0. The van der Waals surface area contributed by atoms with Crippen molar-refractivity contribution in [2.45, 2.75) is 39.7 Å². The summed E-state index contributed by atoms with van der Waals surface area (Å²) in [6.45, 7) is 7.50. The van der Waals surface area contributed by atoms with Crippen molar-refractivity contribution in [2.75, 3.05) is 24.7 Å². The van der Waals surface area contributed by atoms with E-state index >= 15 is 0 Å². The molecule has 0 saturated carbocycles. The highest BCUT2D eigenvalue weighted by Crippen LogP contribution is 2.33. The first-order chi connectivity index (χ1) is 14.7. The van der Waals surface area contributed by atoms with Gasteiger partial charge in [0.15, 0.2) is 19.0 Å². The van der Waals surface area contributed by atoms with E-state index in [1.165, 1.54) is 10.5 Å². The highest BCUT2D eigenvalue weighted by molar-refractivity contribution is 6.04. The molecule has 2 aromatic rings. The van der Waals surface area contributed by atoms with Crippen LogP contribution in [0.15, 0.2) is 42.5 Å². The first-order valence-corrected chi connectivity index (χ1v) is 10.4. The fraction of sp³-hybridized carbons (Fsp3) is 0.375. The van der Waals surface area contributed by atoms with E-state index in [4.69, 9.17) is 9.47 Å². The number of fused-ring (bicyclic) bond motifs is 1. The van der Waals surface area contributed by atoms with Crippen LogP contribution >= 0.6 is 0 Å². The minimum absolute atomic E-state index is 0.0391. The van der Waals surface area contributed by atoms with E-state index in [0.717, 1.165) is 0 Å². The van der Waals surface area contributed by atoms with Gasteiger partial charge in [0.1, 0.15) is 18.0 Å². The molecular formula is C24H28N2O5. The zero-order valence-electron chi connectivity index (χ0n) is 18.3. The minimum atomic E-state index is -0.336. The van der Waals surface area contributed by atoms with Gasteiger partial charge in [-0.3, -0.25) is 19.3 Å². The summed E-state index contributed by atoms with van der Waals surface area (Å²) in [5, 5.41) is 2.77. The summed E-state index contributed by atoms with van der Waals surface area (Å²) in [6.07, 6.45) is 0. The van der Waals surface area contributed by atoms with Gasteiger partial charge < -0.3 is 14.8 Å². The van der Waals surface area contributed by atoms with Crippen LogP contribution in [-0.4, -0.2) is 43.4 Å². The number of rotatable bonds is 8. The average Bonchev–Trinajstić information content (AvgIpc) is 2.73. The van der Waals surface area contributed by atoms with Crippen LogP contribution in [-0.2, 0) is 9.59 Å². The van der Waals surface area contributed by atoms with Crippen molar-refractivity contribution in [1.29, 1.82) is 0 Å². The maximum atomic E-state index is 12.7. The number of carbonyl (C=O) groups excluding carboxylic acids is 3. The Morgan fingerprint density at radius 2 is 1.81 bits per heavy atom. The molecule has 0 fully saturated rings. The Hall–Kier alpha value is -3.35. The molecule has 0 unspecified atom stereocenters. The zero-order valence-corrected chi connectivity index (χ0v) is 18.3. The van der Waals surface area contributed by atoms with E-state index < -0.39 is 0 Å². The summed E-state index contributed by atoms with van der Waals surface area (Å²) in [6, 6.07) is 12.5. The Morgan fingerprint density at radius 1 is 1.10 bits per heavy atom. The van der Waals surface area contributed by atoms with Crippen LogP contribution in [0.5, 0.6) is 11.5 Å². The summed E-state index contributed by atoms with van der Waals surface area (Å²) < 4.78 is 11.1. The van der Waals surface area contributed by atoms with Gasteiger partial charge >= 0.3 is 0 Å². The Bertz CT molecular complexity index is 966. The number of nitrogens with one attached hydrogen (secondary N) is 1. The smallest absolute Gasteiger partial charge is 0.265 e. The molecule has 7 heteroatoms. The Morgan fingerprint density at radius 3 is 2.45 bits per heavy atom. The second-order valence-corrected chi connectivity index (χ2v) is 8.11. The van der Waals surface area contributed by atoms with Crippen molar-refractivity contribution < 1.29 is 23.9 Å². The maximum absolute atomic E-state index is 12.7. The number of amides is 2. The molecule has 1 N–H and O–H groups in total. The predicted molar refractivity (Wildman–Crippen MR) is 118 cm³/mol. The Labute approximate surface area is 182 Å². The van der Waals surface area contributed by atoms with E-state index in [9.17, 15) is 14.4 Å². The number of anilines is 1. The van der Waals surface area contributed by atoms with Crippen molar-refractivity contribution in [3.63, 3.8) is 0 Å². The van der Waals surface area contributed by atoms with Crippen molar-refractivity contribution in [3.05, 3.63) is 53.6 Å². The fourth-order valence-corrected chi connectivity index (χ4v) is 3.24. The molecule has 1 aliphatic heterocycles. The second-order valence-electron chi connectivity index (χ2n) is 8.11. The van der Waals surface area contributed by atoms with Crippen molar-refractivity contribution in [2.24, 2.45) is 0 Å². The second kappa shape index (κ2) is 9.64. The molecule has 1 aliphatic rings. The van der Waals surface area contributed by atoms with E-state index in [1.807, 2.05) is 38.1 Å². The number of nitrogens with zero attached hydrogens (tertiary/aromatic N) is 1. The number of hydrogen-bond donors (Lipinski definition) is 1. The largest absolute Gasteiger partial charge is 0.485 e. The molecule has 3 rings (SSSR count). The van der Waals surface area contributed by atoms with Crippen molar-refractivity contribution >= 4 is 23.3 Å². The first kappa shape index (κ1) is 22.3. The minimum Gasteiger partial charge on any atom is -0.485 e. The lowest BCUT2D eigenvalue weighted by Crippen LogP contribution is -2.46. The molecule has 0 atom stereocenters. The third-order valence-corrected chi connectivity index (χ3v) is 4.89. The monoisotopic (exact) mass is 424 g/mol. The zero-order chi connectivity index (χ0) is 22.5. The molecule has 0 aromatic heterocycles. The molecule has 1 heterocycles. The quantitative estimate of drug-likeness (QED) is 0.657. The van der Waals surface area contributed by atoms with Gasteiger partial charge in [0.05, 0.1) is 5.69 Å². The van der Waals surface area contributed by atoms with Gasteiger partial charge in [-0.2, -0.15) is 0 Å². The van der Waals surface area contributed by atoms with Gasteiger partial charge in [-0.15, -0.1) is 0 Å².